The van der Waals surface area contributed by atoms with E-state index in [0.29, 0.717) is 0 Å². The number of para-hydroxylation sites is 1. The highest BCUT2D eigenvalue weighted by Crippen LogP contribution is 2.09. The fourth-order valence-electron chi connectivity index (χ4n) is 0.644. The maximum atomic E-state index is 5.32. The van der Waals surface area contributed by atoms with E-state index in [1.165, 1.54) is 0 Å². The SMILES string of the molecule is CSCOc1ccccc1. The van der Waals surface area contributed by atoms with E-state index in [2.05, 4.69) is 0 Å². The summed E-state index contributed by atoms with van der Waals surface area (Å²) in [5.74, 6) is 1.67. The van der Waals surface area contributed by atoms with Crippen molar-refractivity contribution in [3.05, 3.63) is 30.3 Å². The molecule has 0 aliphatic heterocycles. The molecule has 0 atom stereocenters. The van der Waals surface area contributed by atoms with Gasteiger partial charge in [-0.25, -0.2) is 0 Å². The summed E-state index contributed by atoms with van der Waals surface area (Å²) in [6, 6.07) is 9.82. The number of ether oxygens (including phenoxy) is 1. The normalized spacial score (nSPS) is 9.30. The van der Waals surface area contributed by atoms with Gasteiger partial charge in [0.25, 0.3) is 0 Å². The van der Waals surface area contributed by atoms with Crippen molar-refractivity contribution in [2.75, 3.05) is 12.2 Å². The van der Waals surface area contributed by atoms with E-state index < -0.39 is 0 Å². The average molecular weight is 154 g/mol. The quantitative estimate of drug-likeness (QED) is 0.618. The third-order valence-electron chi connectivity index (χ3n) is 1.09. The van der Waals surface area contributed by atoms with Crippen LogP contribution in [0.4, 0.5) is 0 Å². The summed E-state index contributed by atoms with van der Waals surface area (Å²) in [5.41, 5.74) is 0. The van der Waals surface area contributed by atoms with E-state index in [0.717, 1.165) is 11.7 Å². The van der Waals surface area contributed by atoms with Crippen LogP contribution < -0.4 is 4.74 Å². The predicted molar refractivity (Wildman–Crippen MR) is 45.5 cm³/mol. The summed E-state index contributed by atoms with van der Waals surface area (Å²) in [5, 5.41) is 0. The molecule has 0 amide bonds. The molecule has 0 N–H and O–H groups in total. The summed E-state index contributed by atoms with van der Waals surface area (Å²) in [7, 11) is 0. The van der Waals surface area contributed by atoms with E-state index in [4.69, 9.17) is 4.74 Å². The molecule has 0 saturated heterocycles. The Labute approximate surface area is 65.4 Å². The van der Waals surface area contributed by atoms with Crippen molar-refractivity contribution >= 4 is 11.8 Å². The van der Waals surface area contributed by atoms with E-state index in [9.17, 15) is 0 Å². The predicted octanol–water partition coefficient (Wildman–Crippen LogP) is 2.39. The minimum Gasteiger partial charge on any atom is -0.483 e. The van der Waals surface area contributed by atoms with E-state index in [-0.39, 0.29) is 0 Å². The lowest BCUT2D eigenvalue weighted by Gasteiger charge is -2.01. The topological polar surface area (TPSA) is 9.23 Å². The maximum absolute atomic E-state index is 5.32. The molecule has 0 unspecified atom stereocenters. The molecule has 0 aliphatic rings. The first-order chi connectivity index (χ1) is 4.93. The molecular formula is C8H10OS. The fourth-order valence-corrected chi connectivity index (χ4v) is 0.898. The highest BCUT2D eigenvalue weighted by molar-refractivity contribution is 7.98. The molecule has 54 valence electrons. The maximum Gasteiger partial charge on any atom is 0.133 e. The minimum absolute atomic E-state index is 0.726. The largest absolute Gasteiger partial charge is 0.483 e. The van der Waals surface area contributed by atoms with Gasteiger partial charge in [0.1, 0.15) is 11.7 Å². The highest BCUT2D eigenvalue weighted by atomic mass is 32.2. The van der Waals surface area contributed by atoms with Gasteiger partial charge in [-0.2, -0.15) is 0 Å². The van der Waals surface area contributed by atoms with Crippen molar-refractivity contribution in [1.82, 2.24) is 0 Å². The molecule has 0 heterocycles. The zero-order valence-corrected chi connectivity index (χ0v) is 6.73. The minimum atomic E-state index is 0.726. The van der Waals surface area contributed by atoms with Gasteiger partial charge in [0.15, 0.2) is 0 Å². The van der Waals surface area contributed by atoms with E-state index in [1.54, 1.807) is 11.8 Å². The fraction of sp³-hybridized carbons (Fsp3) is 0.250. The molecule has 0 radical (unpaired) electrons. The van der Waals surface area contributed by atoms with Crippen LogP contribution in [-0.2, 0) is 0 Å². The van der Waals surface area contributed by atoms with Gasteiger partial charge in [0, 0.05) is 0 Å². The van der Waals surface area contributed by atoms with Gasteiger partial charge >= 0.3 is 0 Å². The zero-order chi connectivity index (χ0) is 7.23. The van der Waals surface area contributed by atoms with E-state index in [1.807, 2.05) is 36.6 Å². The van der Waals surface area contributed by atoms with Crippen LogP contribution in [-0.4, -0.2) is 12.2 Å². The Morgan fingerprint density at radius 3 is 2.60 bits per heavy atom. The Kier molecular flexibility index (Phi) is 3.16. The van der Waals surface area contributed by atoms with Crippen molar-refractivity contribution in [2.24, 2.45) is 0 Å². The molecular weight excluding hydrogens is 144 g/mol. The Morgan fingerprint density at radius 2 is 2.00 bits per heavy atom. The van der Waals surface area contributed by atoms with Gasteiger partial charge in [0.2, 0.25) is 0 Å². The smallest absolute Gasteiger partial charge is 0.133 e. The molecule has 0 fully saturated rings. The Hall–Kier alpha value is -0.630. The Morgan fingerprint density at radius 1 is 1.30 bits per heavy atom. The Balaban J connectivity index is 2.43. The molecule has 1 nitrogen and oxygen atoms in total. The van der Waals surface area contributed by atoms with Crippen molar-refractivity contribution < 1.29 is 4.74 Å². The lowest BCUT2D eigenvalue weighted by Crippen LogP contribution is -1.89. The summed E-state index contributed by atoms with van der Waals surface area (Å²) in [6.07, 6.45) is 2.02. The zero-order valence-electron chi connectivity index (χ0n) is 5.91. The number of hydrogen-bond acceptors (Lipinski definition) is 2. The first-order valence-electron chi connectivity index (χ1n) is 3.10. The van der Waals surface area contributed by atoms with Crippen LogP contribution in [0.15, 0.2) is 30.3 Å². The summed E-state index contributed by atoms with van der Waals surface area (Å²) in [4.78, 5) is 0. The number of hydrogen-bond donors (Lipinski definition) is 0. The van der Waals surface area contributed by atoms with Gasteiger partial charge in [-0.3, -0.25) is 0 Å². The number of rotatable bonds is 3. The third kappa shape index (κ3) is 2.31. The summed E-state index contributed by atoms with van der Waals surface area (Å²) in [6.45, 7) is 0. The summed E-state index contributed by atoms with van der Waals surface area (Å²) >= 11 is 1.67. The van der Waals surface area contributed by atoms with Crippen LogP contribution in [0.3, 0.4) is 0 Å². The molecule has 1 aromatic carbocycles. The van der Waals surface area contributed by atoms with Crippen molar-refractivity contribution in [3.8, 4) is 5.75 Å². The van der Waals surface area contributed by atoms with Gasteiger partial charge in [-0.05, 0) is 18.4 Å². The van der Waals surface area contributed by atoms with Crippen molar-refractivity contribution in [1.29, 1.82) is 0 Å². The first kappa shape index (κ1) is 7.48. The molecule has 1 aromatic rings. The second-order valence-electron chi connectivity index (χ2n) is 1.86. The molecule has 0 bridgehead atoms. The number of benzene rings is 1. The second kappa shape index (κ2) is 4.23. The standard InChI is InChI=1S/C8H10OS/c1-10-7-9-8-5-3-2-4-6-8/h2-6H,7H2,1H3. The van der Waals surface area contributed by atoms with Crippen molar-refractivity contribution in [3.63, 3.8) is 0 Å². The van der Waals surface area contributed by atoms with Gasteiger partial charge < -0.3 is 4.74 Å². The van der Waals surface area contributed by atoms with Crippen LogP contribution in [0.5, 0.6) is 5.75 Å². The van der Waals surface area contributed by atoms with Crippen LogP contribution in [0, 0.1) is 0 Å². The molecule has 0 aliphatic carbocycles. The molecule has 0 aromatic heterocycles. The average Bonchev–Trinajstić information content (AvgIpc) is 2.03. The van der Waals surface area contributed by atoms with E-state index >= 15 is 0 Å². The van der Waals surface area contributed by atoms with Crippen molar-refractivity contribution in [2.45, 2.75) is 0 Å². The Bertz CT molecular complexity index is 174. The van der Waals surface area contributed by atoms with Gasteiger partial charge in [-0.1, -0.05) is 18.2 Å². The third-order valence-corrected chi connectivity index (χ3v) is 1.44. The monoisotopic (exact) mass is 154 g/mol. The molecule has 0 saturated carbocycles. The second-order valence-corrected chi connectivity index (χ2v) is 2.68. The number of thioether (sulfide) groups is 1. The lowest BCUT2D eigenvalue weighted by molar-refractivity contribution is 0.393. The van der Waals surface area contributed by atoms with Crippen LogP contribution >= 0.6 is 11.8 Å². The molecule has 1 rings (SSSR count). The molecule has 2 heteroatoms. The first-order valence-corrected chi connectivity index (χ1v) is 4.49. The highest BCUT2D eigenvalue weighted by Gasteiger charge is 1.86. The molecule has 0 spiro atoms. The van der Waals surface area contributed by atoms with Crippen LogP contribution in [0.25, 0.3) is 0 Å². The molecule has 10 heavy (non-hydrogen) atoms. The van der Waals surface area contributed by atoms with Gasteiger partial charge in [0.05, 0.1) is 0 Å². The summed E-state index contributed by atoms with van der Waals surface area (Å²) < 4.78 is 5.32. The van der Waals surface area contributed by atoms with Crippen LogP contribution in [0.1, 0.15) is 0 Å². The van der Waals surface area contributed by atoms with Crippen LogP contribution in [0.2, 0.25) is 0 Å². The van der Waals surface area contributed by atoms with Gasteiger partial charge in [-0.15, -0.1) is 11.8 Å². The lowest BCUT2D eigenvalue weighted by atomic mass is 10.3.